The lowest BCUT2D eigenvalue weighted by Gasteiger charge is -2.28. The van der Waals surface area contributed by atoms with E-state index in [1.807, 2.05) is 6.07 Å². The molecule has 4 rings (SSSR count). The summed E-state index contributed by atoms with van der Waals surface area (Å²) in [7, 11) is 0. The van der Waals surface area contributed by atoms with Crippen molar-refractivity contribution in [3.63, 3.8) is 0 Å². The first kappa shape index (κ1) is 14.7. The van der Waals surface area contributed by atoms with E-state index in [0.717, 1.165) is 48.5 Å². The molecule has 0 bridgehead atoms. The molecular formula is C17H18ClN3O2. The van der Waals surface area contributed by atoms with Crippen LogP contribution >= 0.6 is 11.6 Å². The molecule has 1 aromatic carbocycles. The fourth-order valence-corrected chi connectivity index (χ4v) is 3.30. The minimum Gasteiger partial charge on any atom is -0.506 e. The van der Waals surface area contributed by atoms with Crippen molar-refractivity contribution in [1.82, 2.24) is 14.9 Å². The SMILES string of the molecule is O=c1[nH]c(C2CC2)nc2c1CN(Cc1cccc(O)c1Cl)CC2. The van der Waals surface area contributed by atoms with E-state index in [1.54, 1.807) is 12.1 Å². The first-order valence-electron chi connectivity index (χ1n) is 7.92. The first-order valence-corrected chi connectivity index (χ1v) is 8.30. The highest BCUT2D eigenvalue weighted by atomic mass is 35.5. The van der Waals surface area contributed by atoms with Crippen molar-refractivity contribution in [2.45, 2.75) is 38.3 Å². The zero-order valence-electron chi connectivity index (χ0n) is 12.7. The molecule has 0 saturated heterocycles. The van der Waals surface area contributed by atoms with Crippen molar-refractivity contribution >= 4 is 11.6 Å². The van der Waals surface area contributed by atoms with E-state index < -0.39 is 0 Å². The fourth-order valence-electron chi connectivity index (χ4n) is 3.11. The Labute approximate surface area is 138 Å². The number of aromatic amines is 1. The number of nitrogens with zero attached hydrogens (tertiary/aromatic N) is 2. The van der Waals surface area contributed by atoms with Crippen LogP contribution in [-0.2, 0) is 19.5 Å². The molecule has 0 unspecified atom stereocenters. The molecule has 23 heavy (non-hydrogen) atoms. The Morgan fingerprint density at radius 3 is 3.00 bits per heavy atom. The van der Waals surface area contributed by atoms with Gasteiger partial charge in [-0.15, -0.1) is 0 Å². The normalized spacial score (nSPS) is 18.0. The lowest BCUT2D eigenvalue weighted by Crippen LogP contribution is -2.35. The Morgan fingerprint density at radius 2 is 2.22 bits per heavy atom. The number of phenolic OH excluding ortho intramolecular Hbond substituents is 1. The average Bonchev–Trinajstić information content (AvgIpc) is 3.37. The van der Waals surface area contributed by atoms with Gasteiger partial charge in [-0.2, -0.15) is 0 Å². The topological polar surface area (TPSA) is 69.2 Å². The van der Waals surface area contributed by atoms with Crippen LogP contribution < -0.4 is 5.56 Å². The maximum Gasteiger partial charge on any atom is 0.255 e. The zero-order valence-corrected chi connectivity index (χ0v) is 13.4. The molecule has 2 heterocycles. The Hall–Kier alpha value is -1.85. The number of phenols is 1. The molecule has 1 saturated carbocycles. The predicted octanol–water partition coefficient (Wildman–Crippen LogP) is 2.56. The van der Waals surface area contributed by atoms with Crippen LogP contribution in [0.25, 0.3) is 0 Å². The zero-order chi connectivity index (χ0) is 16.0. The summed E-state index contributed by atoms with van der Waals surface area (Å²) in [5.74, 6) is 1.41. The van der Waals surface area contributed by atoms with Gasteiger partial charge in [-0.05, 0) is 24.5 Å². The van der Waals surface area contributed by atoms with E-state index >= 15 is 0 Å². The lowest BCUT2D eigenvalue weighted by atomic mass is 10.1. The second-order valence-electron chi connectivity index (χ2n) is 6.36. The van der Waals surface area contributed by atoms with Gasteiger partial charge < -0.3 is 10.1 Å². The quantitative estimate of drug-likeness (QED) is 0.907. The molecule has 0 spiro atoms. The minimum atomic E-state index is -0.0106. The van der Waals surface area contributed by atoms with Crippen LogP contribution in [0.5, 0.6) is 5.75 Å². The standard InChI is InChI=1S/C17H18ClN3O2/c18-15-11(2-1-3-14(15)22)8-21-7-6-13-12(9-21)17(23)20-16(19-13)10-4-5-10/h1-3,10,22H,4-9H2,(H,19,20,23). The molecule has 1 aromatic heterocycles. The number of fused-ring (bicyclic) bond motifs is 1. The van der Waals surface area contributed by atoms with Crippen LogP contribution in [-0.4, -0.2) is 26.5 Å². The maximum atomic E-state index is 12.3. The van der Waals surface area contributed by atoms with Crippen molar-refractivity contribution in [1.29, 1.82) is 0 Å². The van der Waals surface area contributed by atoms with E-state index in [0.29, 0.717) is 24.0 Å². The van der Waals surface area contributed by atoms with Crippen molar-refractivity contribution in [2.75, 3.05) is 6.54 Å². The van der Waals surface area contributed by atoms with E-state index in [-0.39, 0.29) is 11.3 Å². The summed E-state index contributed by atoms with van der Waals surface area (Å²) in [5.41, 5.74) is 2.56. The maximum absolute atomic E-state index is 12.3. The van der Waals surface area contributed by atoms with Crippen LogP contribution in [0, 0.1) is 0 Å². The Bertz CT molecular complexity index is 814. The Kier molecular flexibility index (Phi) is 3.62. The van der Waals surface area contributed by atoms with E-state index in [1.165, 1.54) is 0 Å². The molecule has 120 valence electrons. The minimum absolute atomic E-state index is 0.0106. The number of benzene rings is 1. The first-order chi connectivity index (χ1) is 11.1. The van der Waals surface area contributed by atoms with Crippen LogP contribution in [0.3, 0.4) is 0 Å². The number of hydrogen-bond donors (Lipinski definition) is 2. The second kappa shape index (κ2) is 5.65. The largest absolute Gasteiger partial charge is 0.506 e. The number of aromatic nitrogens is 2. The third-order valence-corrected chi connectivity index (χ3v) is 5.02. The average molecular weight is 332 g/mol. The smallest absolute Gasteiger partial charge is 0.255 e. The molecule has 1 aliphatic carbocycles. The molecule has 2 aliphatic rings. The van der Waals surface area contributed by atoms with Crippen molar-refractivity contribution in [2.24, 2.45) is 0 Å². The molecule has 0 atom stereocenters. The van der Waals surface area contributed by atoms with Gasteiger partial charge in [0.25, 0.3) is 5.56 Å². The van der Waals surface area contributed by atoms with E-state index in [4.69, 9.17) is 11.6 Å². The van der Waals surface area contributed by atoms with Crippen molar-refractivity contribution in [3.8, 4) is 5.75 Å². The molecule has 5 nitrogen and oxygen atoms in total. The number of nitrogens with one attached hydrogen (secondary N) is 1. The second-order valence-corrected chi connectivity index (χ2v) is 6.74. The van der Waals surface area contributed by atoms with Gasteiger partial charge in [-0.1, -0.05) is 23.7 Å². The number of halogens is 1. The molecule has 1 fully saturated rings. The Morgan fingerprint density at radius 1 is 1.39 bits per heavy atom. The van der Waals surface area contributed by atoms with E-state index in [2.05, 4.69) is 14.9 Å². The summed E-state index contributed by atoms with van der Waals surface area (Å²) in [6.45, 7) is 2.00. The number of rotatable bonds is 3. The summed E-state index contributed by atoms with van der Waals surface area (Å²) in [6.07, 6.45) is 3.03. The molecule has 2 aromatic rings. The summed E-state index contributed by atoms with van der Waals surface area (Å²) < 4.78 is 0. The highest BCUT2D eigenvalue weighted by Gasteiger charge is 2.29. The fraction of sp³-hybridized carbons (Fsp3) is 0.412. The molecule has 0 amide bonds. The van der Waals surface area contributed by atoms with Gasteiger partial charge in [0.1, 0.15) is 11.6 Å². The number of hydrogen-bond acceptors (Lipinski definition) is 4. The molecule has 2 N–H and O–H groups in total. The summed E-state index contributed by atoms with van der Waals surface area (Å²) in [6, 6.07) is 5.26. The predicted molar refractivity (Wildman–Crippen MR) is 87.8 cm³/mol. The van der Waals surface area contributed by atoms with Gasteiger partial charge in [0, 0.05) is 32.0 Å². The third kappa shape index (κ3) is 2.86. The number of H-pyrrole nitrogens is 1. The third-order valence-electron chi connectivity index (χ3n) is 4.58. The lowest BCUT2D eigenvalue weighted by molar-refractivity contribution is 0.241. The van der Waals surface area contributed by atoms with E-state index in [9.17, 15) is 9.90 Å². The van der Waals surface area contributed by atoms with Gasteiger partial charge in [0.2, 0.25) is 0 Å². The highest BCUT2D eigenvalue weighted by Crippen LogP contribution is 2.38. The Balaban J connectivity index is 1.57. The van der Waals surface area contributed by atoms with Gasteiger partial charge >= 0.3 is 0 Å². The van der Waals surface area contributed by atoms with Crippen molar-refractivity contribution < 1.29 is 5.11 Å². The van der Waals surface area contributed by atoms with Crippen LogP contribution in [0.1, 0.15) is 41.4 Å². The monoisotopic (exact) mass is 331 g/mol. The van der Waals surface area contributed by atoms with Crippen LogP contribution in [0.2, 0.25) is 5.02 Å². The summed E-state index contributed by atoms with van der Waals surface area (Å²) >= 11 is 6.15. The summed E-state index contributed by atoms with van der Waals surface area (Å²) in [5, 5.41) is 10.1. The molecular weight excluding hydrogens is 314 g/mol. The summed E-state index contributed by atoms with van der Waals surface area (Å²) in [4.78, 5) is 22.1. The number of aromatic hydroxyl groups is 1. The molecule has 1 aliphatic heterocycles. The highest BCUT2D eigenvalue weighted by molar-refractivity contribution is 6.32. The van der Waals surface area contributed by atoms with Gasteiger partial charge in [-0.25, -0.2) is 4.98 Å². The van der Waals surface area contributed by atoms with Gasteiger partial charge in [0.15, 0.2) is 0 Å². The van der Waals surface area contributed by atoms with Crippen molar-refractivity contribution in [3.05, 3.63) is 56.2 Å². The van der Waals surface area contributed by atoms with Crippen LogP contribution in [0.15, 0.2) is 23.0 Å². The van der Waals surface area contributed by atoms with Crippen LogP contribution in [0.4, 0.5) is 0 Å². The van der Waals surface area contributed by atoms with Gasteiger partial charge in [0.05, 0.1) is 16.3 Å². The van der Waals surface area contributed by atoms with Gasteiger partial charge in [-0.3, -0.25) is 9.69 Å². The molecule has 6 heteroatoms. The molecule has 0 radical (unpaired) electrons.